The minimum Gasteiger partial charge on any atom is -0.383 e. The number of nitrogens with zero attached hydrogens (tertiary/aromatic N) is 5. The van der Waals surface area contributed by atoms with E-state index in [1.807, 2.05) is 0 Å². The smallest absolute Gasteiger partial charge is 0.351 e. The van der Waals surface area contributed by atoms with Gasteiger partial charge >= 0.3 is 11.6 Å². The van der Waals surface area contributed by atoms with Gasteiger partial charge in [0, 0.05) is 17.5 Å². The van der Waals surface area contributed by atoms with E-state index in [2.05, 4.69) is 15.0 Å². The Bertz CT molecular complexity index is 915. The summed E-state index contributed by atoms with van der Waals surface area (Å²) in [6.07, 6.45) is -4.04. The van der Waals surface area contributed by atoms with E-state index in [1.54, 1.807) is 30.3 Å². The molecule has 26 heavy (non-hydrogen) atoms. The van der Waals surface area contributed by atoms with Gasteiger partial charge in [-0.2, -0.15) is 13.8 Å². The second-order valence-corrected chi connectivity index (χ2v) is 5.79. The molecule has 11 heteroatoms. The van der Waals surface area contributed by atoms with Crippen molar-refractivity contribution in [3.8, 4) is 0 Å². The zero-order chi connectivity index (χ0) is 18.9. The summed E-state index contributed by atoms with van der Waals surface area (Å²) in [4.78, 5) is 17.8. The SMILES string of the molecule is [N-]=[N+]=N[C@]1(Cc2ccccc2)O[C@@H](n2ccc(N)nc2=O)C(F)(F)[C@@H]1O. The van der Waals surface area contributed by atoms with Crippen LogP contribution in [0.5, 0.6) is 0 Å². The molecule has 2 heterocycles. The summed E-state index contributed by atoms with van der Waals surface area (Å²) in [6, 6.07) is 9.37. The number of benzene rings is 1. The van der Waals surface area contributed by atoms with Crippen LogP contribution in [-0.4, -0.2) is 32.4 Å². The van der Waals surface area contributed by atoms with E-state index < -0.39 is 29.7 Å². The van der Waals surface area contributed by atoms with Crippen molar-refractivity contribution in [3.63, 3.8) is 0 Å². The third-order valence-corrected chi connectivity index (χ3v) is 4.06. The average Bonchev–Trinajstić information content (AvgIpc) is 2.78. The Hall–Kier alpha value is -3.01. The summed E-state index contributed by atoms with van der Waals surface area (Å²) in [5.74, 6) is -4.08. The number of alkyl halides is 2. The van der Waals surface area contributed by atoms with Crippen LogP contribution in [0.4, 0.5) is 14.6 Å². The summed E-state index contributed by atoms with van der Waals surface area (Å²) in [5, 5.41) is 13.6. The molecule has 3 atom stereocenters. The highest BCUT2D eigenvalue weighted by atomic mass is 19.3. The molecule has 0 radical (unpaired) electrons. The fraction of sp³-hybridized carbons (Fsp3) is 0.333. The van der Waals surface area contributed by atoms with Gasteiger partial charge in [-0.25, -0.2) is 4.79 Å². The quantitative estimate of drug-likeness (QED) is 0.482. The fourth-order valence-corrected chi connectivity index (χ4v) is 2.83. The lowest BCUT2D eigenvalue weighted by molar-refractivity contribution is -0.142. The number of aliphatic hydroxyl groups excluding tert-OH is 1. The molecule has 9 nitrogen and oxygen atoms in total. The third-order valence-electron chi connectivity index (χ3n) is 4.06. The van der Waals surface area contributed by atoms with Gasteiger partial charge in [-0.05, 0) is 17.2 Å². The first-order valence-corrected chi connectivity index (χ1v) is 7.49. The largest absolute Gasteiger partial charge is 0.383 e. The predicted octanol–water partition coefficient (Wildman–Crippen LogP) is 1.60. The molecule has 3 rings (SSSR count). The number of azide groups is 1. The lowest BCUT2D eigenvalue weighted by Crippen LogP contribution is -2.46. The Labute approximate surface area is 145 Å². The van der Waals surface area contributed by atoms with Gasteiger partial charge in [0.1, 0.15) is 5.82 Å². The van der Waals surface area contributed by atoms with Crippen LogP contribution in [0.3, 0.4) is 0 Å². The lowest BCUT2D eigenvalue weighted by Gasteiger charge is -2.26. The van der Waals surface area contributed by atoms with Crippen LogP contribution in [0.1, 0.15) is 11.8 Å². The monoisotopic (exact) mass is 364 g/mol. The number of halogens is 2. The Kier molecular flexibility index (Phi) is 4.36. The number of nitrogen functional groups attached to an aromatic ring is 1. The normalized spacial score (nSPS) is 27.0. The molecule has 0 spiro atoms. The topological polar surface area (TPSA) is 139 Å². The van der Waals surface area contributed by atoms with Crippen LogP contribution in [0.2, 0.25) is 0 Å². The lowest BCUT2D eigenvalue weighted by atomic mass is 9.96. The summed E-state index contributed by atoms with van der Waals surface area (Å²) in [7, 11) is 0. The minimum atomic E-state index is -3.93. The van der Waals surface area contributed by atoms with Gasteiger partial charge in [-0.15, -0.1) is 0 Å². The molecule has 0 amide bonds. The average molecular weight is 364 g/mol. The van der Waals surface area contributed by atoms with E-state index in [9.17, 15) is 18.7 Å². The fourth-order valence-electron chi connectivity index (χ4n) is 2.83. The number of ether oxygens (including phenoxy) is 1. The molecule has 136 valence electrons. The molecule has 2 aromatic rings. The molecular formula is C15H14F2N6O3. The molecule has 0 bridgehead atoms. The van der Waals surface area contributed by atoms with E-state index in [4.69, 9.17) is 16.0 Å². The van der Waals surface area contributed by atoms with Crippen molar-refractivity contribution in [2.45, 2.75) is 30.4 Å². The Morgan fingerprint density at radius 2 is 2.08 bits per heavy atom. The first kappa shape index (κ1) is 17.8. The summed E-state index contributed by atoms with van der Waals surface area (Å²) >= 11 is 0. The van der Waals surface area contributed by atoms with Crippen molar-refractivity contribution < 1.29 is 18.6 Å². The number of aromatic nitrogens is 2. The maximum atomic E-state index is 14.7. The standard InChI is InChI=1S/C15H14F2N6O3/c16-15(17)11(24)14(21-22-19,8-9-4-2-1-3-5-9)26-12(15)23-7-6-10(18)20-13(23)25/h1-7,11-12,24H,8H2,(H2,18,20,25)/t11-,12-,14-/m1/s1. The molecular weight excluding hydrogens is 350 g/mol. The van der Waals surface area contributed by atoms with Crippen LogP contribution in [0.25, 0.3) is 10.4 Å². The molecule has 1 saturated heterocycles. The Morgan fingerprint density at radius 1 is 1.38 bits per heavy atom. The van der Waals surface area contributed by atoms with E-state index in [0.29, 0.717) is 10.1 Å². The van der Waals surface area contributed by atoms with Gasteiger partial charge in [0.15, 0.2) is 11.8 Å². The number of hydrogen-bond acceptors (Lipinski definition) is 6. The molecule has 1 aliphatic heterocycles. The van der Waals surface area contributed by atoms with Crippen molar-refractivity contribution in [2.24, 2.45) is 5.11 Å². The molecule has 0 unspecified atom stereocenters. The highest BCUT2D eigenvalue weighted by molar-refractivity contribution is 5.24. The van der Waals surface area contributed by atoms with Crippen LogP contribution < -0.4 is 11.4 Å². The molecule has 1 fully saturated rings. The second kappa shape index (κ2) is 6.37. The van der Waals surface area contributed by atoms with Gasteiger partial charge in [-0.3, -0.25) is 4.57 Å². The molecule has 0 aliphatic carbocycles. The van der Waals surface area contributed by atoms with Crippen molar-refractivity contribution in [1.29, 1.82) is 0 Å². The maximum Gasteiger partial charge on any atom is 0.351 e. The highest BCUT2D eigenvalue weighted by Crippen LogP contribution is 2.49. The maximum absolute atomic E-state index is 14.7. The molecule has 1 aliphatic rings. The van der Waals surface area contributed by atoms with E-state index in [1.165, 1.54) is 0 Å². The molecule has 0 saturated carbocycles. The van der Waals surface area contributed by atoms with Crippen LogP contribution in [0, 0.1) is 0 Å². The second-order valence-electron chi connectivity index (χ2n) is 5.79. The summed E-state index contributed by atoms with van der Waals surface area (Å²) < 4.78 is 35.2. The molecule has 1 aromatic carbocycles. The number of rotatable bonds is 4. The Balaban J connectivity index is 2.07. The van der Waals surface area contributed by atoms with E-state index >= 15 is 0 Å². The summed E-state index contributed by atoms with van der Waals surface area (Å²) in [6.45, 7) is 0. The molecule has 3 N–H and O–H groups in total. The van der Waals surface area contributed by atoms with Crippen molar-refractivity contribution >= 4 is 5.82 Å². The molecule has 1 aromatic heterocycles. The summed E-state index contributed by atoms with van der Waals surface area (Å²) in [5.41, 5.74) is 11.3. The van der Waals surface area contributed by atoms with Crippen molar-refractivity contribution in [3.05, 3.63) is 69.1 Å². The third kappa shape index (κ3) is 2.88. The van der Waals surface area contributed by atoms with Crippen LogP contribution in [0.15, 0.2) is 52.5 Å². The number of aliphatic hydroxyl groups is 1. The van der Waals surface area contributed by atoms with Gasteiger partial charge < -0.3 is 15.6 Å². The first-order valence-electron chi connectivity index (χ1n) is 7.49. The highest BCUT2D eigenvalue weighted by Gasteiger charge is 2.67. The predicted molar refractivity (Wildman–Crippen MR) is 86.0 cm³/mol. The van der Waals surface area contributed by atoms with Gasteiger partial charge in [0.05, 0.1) is 0 Å². The number of nitrogens with two attached hydrogens (primary N) is 1. The zero-order valence-corrected chi connectivity index (χ0v) is 13.2. The van der Waals surface area contributed by atoms with Crippen molar-refractivity contribution in [1.82, 2.24) is 9.55 Å². The van der Waals surface area contributed by atoms with Gasteiger partial charge in [0.25, 0.3) is 0 Å². The first-order chi connectivity index (χ1) is 12.3. The van der Waals surface area contributed by atoms with Crippen LogP contribution >= 0.6 is 0 Å². The van der Waals surface area contributed by atoms with E-state index in [0.717, 1.165) is 12.3 Å². The van der Waals surface area contributed by atoms with Crippen LogP contribution in [-0.2, 0) is 11.2 Å². The number of anilines is 1. The zero-order valence-electron chi connectivity index (χ0n) is 13.2. The van der Waals surface area contributed by atoms with Crippen molar-refractivity contribution in [2.75, 3.05) is 5.73 Å². The minimum absolute atomic E-state index is 0.154. The number of hydrogen-bond donors (Lipinski definition) is 2. The van der Waals surface area contributed by atoms with Gasteiger partial charge in [0.2, 0.25) is 6.23 Å². The Morgan fingerprint density at radius 3 is 2.69 bits per heavy atom. The van der Waals surface area contributed by atoms with E-state index in [-0.39, 0.29) is 12.2 Å². The van der Waals surface area contributed by atoms with Gasteiger partial charge in [-0.1, -0.05) is 35.4 Å².